The number of rotatable bonds is 7. The lowest BCUT2D eigenvalue weighted by atomic mass is 9.84. The van der Waals surface area contributed by atoms with Crippen LogP contribution in [0.2, 0.25) is 0 Å². The maximum absolute atomic E-state index is 12.8. The first-order valence-electron chi connectivity index (χ1n) is 11.6. The van der Waals surface area contributed by atoms with Crippen LogP contribution in [0.25, 0.3) is 21.2 Å². The molecular formula is C26H29N3O3S2. The topological polar surface area (TPSA) is 78.6 Å². The molecule has 0 atom stereocenters. The fraction of sp³-hybridized carbons (Fsp3) is 0.385. The molecule has 178 valence electrons. The second-order valence-corrected chi connectivity index (χ2v) is 11.2. The lowest BCUT2D eigenvalue weighted by Gasteiger charge is -2.38. The zero-order valence-corrected chi connectivity index (χ0v) is 21.1. The molecule has 0 saturated carbocycles. The fourth-order valence-electron chi connectivity index (χ4n) is 4.63. The van der Waals surface area contributed by atoms with Gasteiger partial charge in [0.1, 0.15) is 5.58 Å². The van der Waals surface area contributed by atoms with Gasteiger partial charge >= 0.3 is 0 Å². The number of likely N-dealkylation sites (tertiary alicyclic amines) is 1. The Balaban J connectivity index is 1.29. The summed E-state index contributed by atoms with van der Waals surface area (Å²) in [5.41, 5.74) is 2.24. The van der Waals surface area contributed by atoms with Crippen molar-refractivity contribution in [2.75, 3.05) is 37.0 Å². The summed E-state index contributed by atoms with van der Waals surface area (Å²) < 4.78 is 6.92. The van der Waals surface area contributed by atoms with Crippen LogP contribution in [-0.4, -0.2) is 52.5 Å². The Morgan fingerprint density at radius 3 is 2.85 bits per heavy atom. The number of furan rings is 1. The molecule has 4 aromatic rings. The van der Waals surface area contributed by atoms with Gasteiger partial charge < -0.3 is 19.7 Å². The largest absolute Gasteiger partial charge is 0.451 e. The fourth-order valence-corrected chi connectivity index (χ4v) is 5.85. The number of nitrogens with zero attached hydrogens (tertiary/aromatic N) is 2. The number of aliphatic hydroxyl groups is 1. The zero-order valence-electron chi connectivity index (χ0n) is 19.5. The molecule has 5 rings (SSSR count). The maximum atomic E-state index is 12.8. The average Bonchev–Trinajstić information content (AvgIpc) is 3.42. The zero-order chi connectivity index (χ0) is 23.7. The van der Waals surface area contributed by atoms with Crippen LogP contribution in [0.4, 0.5) is 5.69 Å². The molecule has 8 heteroatoms. The Bertz CT molecular complexity index is 1320. The molecular weight excluding hydrogens is 466 g/mol. The van der Waals surface area contributed by atoms with Crippen LogP contribution >= 0.6 is 23.1 Å². The van der Waals surface area contributed by atoms with E-state index in [1.54, 1.807) is 17.4 Å². The summed E-state index contributed by atoms with van der Waals surface area (Å²) >= 11 is 3.51. The first-order valence-corrected chi connectivity index (χ1v) is 13.8. The highest BCUT2D eigenvalue weighted by Gasteiger charge is 2.34. The summed E-state index contributed by atoms with van der Waals surface area (Å²) in [4.78, 5) is 19.8. The van der Waals surface area contributed by atoms with Gasteiger partial charge in [0.25, 0.3) is 5.91 Å². The number of hydrogen-bond acceptors (Lipinski definition) is 7. The van der Waals surface area contributed by atoms with Crippen LogP contribution in [0.3, 0.4) is 0 Å². The number of benzene rings is 2. The molecule has 1 aliphatic heterocycles. The van der Waals surface area contributed by atoms with E-state index in [1.165, 1.54) is 12.2 Å². The summed E-state index contributed by atoms with van der Waals surface area (Å²) in [6.45, 7) is 4.85. The third-order valence-corrected chi connectivity index (χ3v) is 8.18. The molecule has 1 fully saturated rings. The van der Waals surface area contributed by atoms with Crippen LogP contribution in [0, 0.1) is 6.92 Å². The van der Waals surface area contributed by atoms with Gasteiger partial charge in [0, 0.05) is 24.2 Å². The van der Waals surface area contributed by atoms with Gasteiger partial charge in [-0.2, -0.15) is 11.8 Å². The molecule has 34 heavy (non-hydrogen) atoms. The Hall–Kier alpha value is -2.39. The molecule has 1 amide bonds. The number of carbonyl (C=O) groups is 1. The van der Waals surface area contributed by atoms with Crippen molar-refractivity contribution in [1.29, 1.82) is 0 Å². The predicted molar refractivity (Wildman–Crippen MR) is 141 cm³/mol. The molecule has 0 spiro atoms. The number of carbonyl (C=O) groups excluding carboxylic acids is 1. The van der Waals surface area contributed by atoms with Crippen LogP contribution in [0.15, 0.2) is 46.9 Å². The van der Waals surface area contributed by atoms with Crippen molar-refractivity contribution in [3.63, 3.8) is 0 Å². The molecule has 2 aromatic heterocycles. The number of aromatic nitrogens is 1. The van der Waals surface area contributed by atoms with E-state index in [1.807, 2.05) is 55.1 Å². The van der Waals surface area contributed by atoms with Gasteiger partial charge in [-0.3, -0.25) is 4.79 Å². The van der Waals surface area contributed by atoms with E-state index in [0.29, 0.717) is 24.1 Å². The van der Waals surface area contributed by atoms with E-state index in [2.05, 4.69) is 21.5 Å². The number of piperidine rings is 1. The number of hydrogen-bond donors (Lipinski definition) is 2. The Labute approximate surface area is 207 Å². The van der Waals surface area contributed by atoms with Crippen molar-refractivity contribution >= 4 is 55.9 Å². The van der Waals surface area contributed by atoms with E-state index in [0.717, 1.165) is 45.8 Å². The summed E-state index contributed by atoms with van der Waals surface area (Å²) in [6.07, 6.45) is 4.74. The summed E-state index contributed by atoms with van der Waals surface area (Å²) in [6, 6.07) is 13.2. The van der Waals surface area contributed by atoms with Gasteiger partial charge in [-0.05, 0) is 86.7 Å². The lowest BCUT2D eigenvalue weighted by Crippen LogP contribution is -2.42. The molecule has 2 N–H and O–H groups in total. The minimum Gasteiger partial charge on any atom is -0.451 e. The quantitative estimate of drug-likeness (QED) is 0.323. The standard InChI is InChI=1S/C26H29N3O3S2/c1-17-27-21-16-20(5-7-24(21)34-17)28-25(30)23-15-18-14-19(4-6-22(18)32-23)26(31)8-11-29(12-9-26)10-3-13-33-2/h4-7,14-16,31H,3,8-13H2,1-2H3,(H,28,30). The maximum Gasteiger partial charge on any atom is 0.291 e. The third kappa shape index (κ3) is 4.86. The van der Waals surface area contributed by atoms with Crippen LogP contribution in [-0.2, 0) is 5.60 Å². The molecule has 2 aromatic carbocycles. The normalized spacial score (nSPS) is 16.3. The second kappa shape index (κ2) is 9.70. The van der Waals surface area contributed by atoms with Crippen molar-refractivity contribution in [2.24, 2.45) is 0 Å². The SMILES string of the molecule is CSCCCN1CCC(O)(c2ccc3oc(C(=O)Nc4ccc5sc(C)nc5c4)cc3c2)CC1. The van der Waals surface area contributed by atoms with Gasteiger partial charge in [0.2, 0.25) is 0 Å². The van der Waals surface area contributed by atoms with Crippen molar-refractivity contribution in [2.45, 2.75) is 31.8 Å². The molecule has 6 nitrogen and oxygen atoms in total. The van der Waals surface area contributed by atoms with Crippen molar-refractivity contribution in [1.82, 2.24) is 9.88 Å². The van der Waals surface area contributed by atoms with Crippen molar-refractivity contribution < 1.29 is 14.3 Å². The molecule has 1 saturated heterocycles. The molecule has 0 unspecified atom stereocenters. The third-order valence-electron chi connectivity index (χ3n) is 6.54. The van der Waals surface area contributed by atoms with Crippen molar-refractivity contribution in [3.8, 4) is 0 Å². The number of thiazole rings is 1. The smallest absolute Gasteiger partial charge is 0.291 e. The number of amides is 1. The van der Waals surface area contributed by atoms with Crippen LogP contribution in [0.5, 0.6) is 0 Å². The summed E-state index contributed by atoms with van der Waals surface area (Å²) in [7, 11) is 0. The molecule has 0 radical (unpaired) electrons. The van der Waals surface area contributed by atoms with Crippen molar-refractivity contribution in [3.05, 3.63) is 58.8 Å². The monoisotopic (exact) mass is 495 g/mol. The molecule has 1 aliphatic rings. The molecule has 0 bridgehead atoms. The number of anilines is 1. The minimum atomic E-state index is -0.842. The van der Waals surface area contributed by atoms with E-state index < -0.39 is 5.60 Å². The molecule has 0 aliphatic carbocycles. The Kier molecular flexibility index (Phi) is 6.66. The van der Waals surface area contributed by atoms with E-state index in [-0.39, 0.29) is 11.7 Å². The molecule has 3 heterocycles. The van der Waals surface area contributed by atoms with Gasteiger partial charge in [0.15, 0.2) is 5.76 Å². The second-order valence-electron chi connectivity index (χ2n) is 8.95. The summed E-state index contributed by atoms with van der Waals surface area (Å²) in [5, 5.41) is 16.1. The average molecular weight is 496 g/mol. The predicted octanol–water partition coefficient (Wildman–Crippen LogP) is 5.64. The highest BCUT2D eigenvalue weighted by Crippen LogP contribution is 2.35. The van der Waals surface area contributed by atoms with Gasteiger partial charge in [0.05, 0.1) is 20.8 Å². The Morgan fingerprint density at radius 2 is 2.06 bits per heavy atom. The highest BCUT2D eigenvalue weighted by molar-refractivity contribution is 7.98. The van der Waals surface area contributed by atoms with Crippen LogP contribution in [0.1, 0.15) is 40.4 Å². The highest BCUT2D eigenvalue weighted by atomic mass is 32.2. The number of aryl methyl sites for hydroxylation is 1. The van der Waals surface area contributed by atoms with E-state index in [4.69, 9.17) is 4.42 Å². The number of fused-ring (bicyclic) bond motifs is 2. The first-order chi connectivity index (χ1) is 16.4. The number of nitrogens with one attached hydrogen (secondary N) is 1. The van der Waals surface area contributed by atoms with Gasteiger partial charge in [-0.15, -0.1) is 11.3 Å². The minimum absolute atomic E-state index is 0.248. The lowest BCUT2D eigenvalue weighted by molar-refractivity contribution is -0.0256. The number of thioether (sulfide) groups is 1. The van der Waals surface area contributed by atoms with E-state index in [9.17, 15) is 9.90 Å². The first kappa shape index (κ1) is 23.4. The van der Waals surface area contributed by atoms with Gasteiger partial charge in [-0.25, -0.2) is 4.98 Å². The summed E-state index contributed by atoms with van der Waals surface area (Å²) in [5.74, 6) is 1.12. The van der Waals surface area contributed by atoms with Gasteiger partial charge in [-0.1, -0.05) is 6.07 Å². The van der Waals surface area contributed by atoms with Crippen LogP contribution < -0.4 is 5.32 Å². The Morgan fingerprint density at radius 1 is 1.24 bits per heavy atom. The van der Waals surface area contributed by atoms with E-state index >= 15 is 0 Å².